The van der Waals surface area contributed by atoms with Crippen LogP contribution in [0.3, 0.4) is 0 Å². The highest BCUT2D eigenvalue weighted by Crippen LogP contribution is 2.33. The number of aromatic nitrogens is 1. The summed E-state index contributed by atoms with van der Waals surface area (Å²) in [6, 6.07) is 18.4. The number of rotatable bonds is 4. The van der Waals surface area contributed by atoms with E-state index < -0.39 is 17.8 Å². The first kappa shape index (κ1) is 19.2. The maximum atomic E-state index is 13.8. The van der Waals surface area contributed by atoms with Crippen LogP contribution in [0.1, 0.15) is 16.1 Å². The average Bonchev–Trinajstić information content (AvgIpc) is 3.11. The Balaban J connectivity index is 1.57. The minimum atomic E-state index is -0.558. The van der Waals surface area contributed by atoms with Crippen LogP contribution in [0.4, 0.5) is 20.6 Å². The van der Waals surface area contributed by atoms with Gasteiger partial charge in [0.1, 0.15) is 11.5 Å². The summed E-state index contributed by atoms with van der Waals surface area (Å²) in [5.41, 5.74) is 9.61. The van der Waals surface area contributed by atoms with Gasteiger partial charge in [0.05, 0.1) is 5.69 Å². The van der Waals surface area contributed by atoms with Gasteiger partial charge >= 0.3 is 6.03 Å². The Morgan fingerprint density at radius 3 is 2.43 bits per heavy atom. The van der Waals surface area contributed by atoms with E-state index >= 15 is 0 Å². The van der Waals surface area contributed by atoms with Crippen LogP contribution in [0.2, 0.25) is 0 Å². The molecule has 4 aromatic rings. The molecule has 4 rings (SSSR count). The third-order valence-corrected chi connectivity index (χ3v) is 4.75. The summed E-state index contributed by atoms with van der Waals surface area (Å²) >= 11 is 0. The lowest BCUT2D eigenvalue weighted by atomic mass is 10.0. The Kier molecular flexibility index (Phi) is 4.93. The Morgan fingerprint density at radius 2 is 1.70 bits per heavy atom. The number of hydrogen-bond donors (Lipinski definition) is 4. The molecule has 3 amide bonds. The van der Waals surface area contributed by atoms with Gasteiger partial charge in [0.25, 0.3) is 5.91 Å². The van der Waals surface area contributed by atoms with Crippen molar-refractivity contribution < 1.29 is 14.0 Å². The number of hydrogen-bond acceptors (Lipinski definition) is 2. The number of benzene rings is 3. The summed E-state index contributed by atoms with van der Waals surface area (Å²) < 4.78 is 13.8. The molecule has 3 aromatic carbocycles. The molecule has 0 unspecified atom stereocenters. The van der Waals surface area contributed by atoms with Crippen LogP contribution >= 0.6 is 0 Å². The molecule has 0 saturated heterocycles. The van der Waals surface area contributed by atoms with Gasteiger partial charge in [-0.05, 0) is 48.4 Å². The number of nitrogens with one attached hydrogen (secondary N) is 3. The molecule has 0 fully saturated rings. The number of H-pyrrole nitrogens is 1. The predicted octanol–water partition coefficient (Wildman–Crippen LogP) is 5.03. The van der Waals surface area contributed by atoms with Crippen molar-refractivity contribution in [1.82, 2.24) is 4.98 Å². The van der Waals surface area contributed by atoms with Crippen molar-refractivity contribution in [3.8, 4) is 11.1 Å². The molecule has 150 valence electrons. The van der Waals surface area contributed by atoms with Gasteiger partial charge in [0.15, 0.2) is 0 Å². The van der Waals surface area contributed by atoms with Gasteiger partial charge in [-0.1, -0.05) is 36.4 Å². The highest BCUT2D eigenvalue weighted by molar-refractivity contribution is 6.09. The van der Waals surface area contributed by atoms with Gasteiger partial charge in [-0.2, -0.15) is 0 Å². The maximum absolute atomic E-state index is 13.8. The summed E-state index contributed by atoms with van der Waals surface area (Å²) in [5.74, 6) is -1.06. The van der Waals surface area contributed by atoms with E-state index in [2.05, 4.69) is 15.6 Å². The van der Waals surface area contributed by atoms with Gasteiger partial charge in [-0.15, -0.1) is 0 Å². The zero-order valence-corrected chi connectivity index (χ0v) is 16.1. The lowest BCUT2D eigenvalue weighted by Crippen LogP contribution is -2.20. The number of aryl methyl sites for hydroxylation is 1. The molecule has 1 aromatic heterocycles. The van der Waals surface area contributed by atoms with E-state index in [9.17, 15) is 14.0 Å². The molecular weight excluding hydrogens is 383 g/mol. The van der Waals surface area contributed by atoms with Crippen LogP contribution in [0.15, 0.2) is 66.7 Å². The van der Waals surface area contributed by atoms with Gasteiger partial charge < -0.3 is 21.4 Å². The predicted molar refractivity (Wildman–Crippen MR) is 116 cm³/mol. The first-order valence-electron chi connectivity index (χ1n) is 9.27. The van der Waals surface area contributed by atoms with E-state index in [1.165, 1.54) is 6.07 Å². The number of urea groups is 1. The zero-order chi connectivity index (χ0) is 21.3. The molecule has 7 heteroatoms. The van der Waals surface area contributed by atoms with Crippen LogP contribution in [0.5, 0.6) is 0 Å². The molecule has 0 saturated carbocycles. The monoisotopic (exact) mass is 402 g/mol. The lowest BCUT2D eigenvalue weighted by molar-refractivity contribution is 0.0997. The van der Waals surface area contributed by atoms with Crippen LogP contribution < -0.4 is 16.4 Å². The van der Waals surface area contributed by atoms with Crippen molar-refractivity contribution >= 4 is 34.2 Å². The minimum absolute atomic E-state index is 0.106. The standard InChI is InChI=1S/C23H19FN4O2/c1-13-6-11-17(24)19(12-13)28-23(30)26-15-9-7-14(8-10-15)20-16-4-2-3-5-18(16)27-21(20)22(25)29/h2-12,27H,1H3,(H2,25,29)(H2,26,28,30). The SMILES string of the molecule is Cc1ccc(F)c(NC(=O)Nc2ccc(-c3c(C(N)=O)[nH]c4ccccc34)cc2)c1. The number of carbonyl (C=O) groups is 2. The van der Waals surface area contributed by atoms with Crippen LogP contribution in [0.25, 0.3) is 22.0 Å². The minimum Gasteiger partial charge on any atom is -0.364 e. The topological polar surface area (TPSA) is 100 Å². The summed E-state index contributed by atoms with van der Waals surface area (Å²) in [5, 5.41) is 6.04. The fourth-order valence-electron chi connectivity index (χ4n) is 3.37. The first-order valence-corrected chi connectivity index (χ1v) is 9.27. The van der Waals surface area contributed by atoms with Crippen LogP contribution in [-0.4, -0.2) is 16.9 Å². The van der Waals surface area contributed by atoms with E-state index in [0.717, 1.165) is 22.0 Å². The number of nitrogens with two attached hydrogens (primary N) is 1. The van der Waals surface area contributed by atoms with Crippen LogP contribution in [-0.2, 0) is 0 Å². The summed E-state index contributed by atoms with van der Waals surface area (Å²) in [6.45, 7) is 1.81. The molecule has 30 heavy (non-hydrogen) atoms. The van der Waals surface area contributed by atoms with Crippen molar-refractivity contribution in [2.45, 2.75) is 6.92 Å². The van der Waals surface area contributed by atoms with E-state index in [4.69, 9.17) is 5.73 Å². The van der Waals surface area contributed by atoms with E-state index in [0.29, 0.717) is 16.9 Å². The molecule has 0 spiro atoms. The van der Waals surface area contributed by atoms with E-state index in [1.54, 1.807) is 36.4 Å². The second-order valence-corrected chi connectivity index (χ2v) is 6.92. The van der Waals surface area contributed by atoms with Crippen molar-refractivity contribution in [2.24, 2.45) is 5.73 Å². The number of amides is 3. The molecule has 1 heterocycles. The number of aromatic amines is 1. The molecule has 0 aliphatic heterocycles. The van der Waals surface area contributed by atoms with E-state index in [-0.39, 0.29) is 5.69 Å². The van der Waals surface area contributed by atoms with Crippen molar-refractivity contribution in [2.75, 3.05) is 10.6 Å². The number of carbonyl (C=O) groups excluding carboxylic acids is 2. The number of primary amides is 1. The smallest absolute Gasteiger partial charge is 0.323 e. The number of para-hydroxylation sites is 1. The quantitative estimate of drug-likeness (QED) is 0.385. The molecule has 0 radical (unpaired) electrons. The number of halogens is 1. The molecule has 5 N–H and O–H groups in total. The summed E-state index contributed by atoms with van der Waals surface area (Å²) in [6.07, 6.45) is 0. The third kappa shape index (κ3) is 3.73. The van der Waals surface area contributed by atoms with Crippen molar-refractivity contribution in [3.05, 3.63) is 83.8 Å². The molecular formula is C23H19FN4O2. The van der Waals surface area contributed by atoms with Crippen LogP contribution in [0, 0.1) is 12.7 Å². The highest BCUT2D eigenvalue weighted by atomic mass is 19.1. The molecule has 0 atom stereocenters. The van der Waals surface area contributed by atoms with Gasteiger partial charge in [0.2, 0.25) is 0 Å². The number of anilines is 2. The zero-order valence-electron chi connectivity index (χ0n) is 16.1. The molecule has 0 aliphatic carbocycles. The third-order valence-electron chi connectivity index (χ3n) is 4.75. The normalized spacial score (nSPS) is 10.7. The second-order valence-electron chi connectivity index (χ2n) is 6.92. The number of fused-ring (bicyclic) bond motifs is 1. The maximum Gasteiger partial charge on any atom is 0.323 e. The summed E-state index contributed by atoms with van der Waals surface area (Å²) in [7, 11) is 0. The second kappa shape index (κ2) is 7.71. The lowest BCUT2D eigenvalue weighted by Gasteiger charge is -2.10. The van der Waals surface area contributed by atoms with Crippen molar-refractivity contribution in [3.63, 3.8) is 0 Å². The van der Waals surface area contributed by atoms with E-state index in [1.807, 2.05) is 31.2 Å². The fraction of sp³-hybridized carbons (Fsp3) is 0.0435. The first-order chi connectivity index (χ1) is 14.4. The van der Waals surface area contributed by atoms with Crippen molar-refractivity contribution in [1.29, 1.82) is 0 Å². The van der Waals surface area contributed by atoms with Gasteiger partial charge in [-0.3, -0.25) is 4.79 Å². The Hall–Kier alpha value is -4.13. The Morgan fingerprint density at radius 1 is 0.967 bits per heavy atom. The fourth-order valence-corrected chi connectivity index (χ4v) is 3.37. The Bertz CT molecular complexity index is 1260. The molecule has 6 nitrogen and oxygen atoms in total. The van der Waals surface area contributed by atoms with Gasteiger partial charge in [0, 0.05) is 22.2 Å². The highest BCUT2D eigenvalue weighted by Gasteiger charge is 2.17. The molecule has 0 bridgehead atoms. The summed E-state index contributed by atoms with van der Waals surface area (Å²) in [4.78, 5) is 27.2. The van der Waals surface area contributed by atoms with Gasteiger partial charge in [-0.25, -0.2) is 9.18 Å². The molecule has 0 aliphatic rings. The largest absolute Gasteiger partial charge is 0.364 e. The average molecular weight is 402 g/mol. The Labute approximate surface area is 171 Å².